The van der Waals surface area contributed by atoms with E-state index in [0.717, 1.165) is 5.69 Å². The lowest BCUT2D eigenvalue weighted by Gasteiger charge is -2.05. The fourth-order valence-corrected chi connectivity index (χ4v) is 1.16. The fraction of sp³-hybridized carbons (Fsp3) is 0.250. The summed E-state index contributed by atoms with van der Waals surface area (Å²) in [6.45, 7) is 6.46. The van der Waals surface area contributed by atoms with Gasteiger partial charge in [0.25, 0.3) is 0 Å². The number of carbonyl (C=O) groups excluding carboxylic acids is 1. The summed E-state index contributed by atoms with van der Waals surface area (Å²) in [4.78, 5) is 11.4. The Labute approximate surface area is 89.8 Å². The van der Waals surface area contributed by atoms with Gasteiger partial charge in [-0.05, 0) is 25.1 Å². The van der Waals surface area contributed by atoms with Crippen LogP contribution in [0.3, 0.4) is 0 Å². The molecule has 3 nitrogen and oxygen atoms in total. The monoisotopic (exact) mass is 205 g/mol. The van der Waals surface area contributed by atoms with Crippen molar-refractivity contribution in [3.63, 3.8) is 0 Å². The van der Waals surface area contributed by atoms with Crippen molar-refractivity contribution in [3.05, 3.63) is 42.5 Å². The van der Waals surface area contributed by atoms with Crippen molar-refractivity contribution >= 4 is 11.7 Å². The van der Waals surface area contributed by atoms with E-state index in [1.54, 1.807) is 25.1 Å². The molecule has 0 saturated carbocycles. The molecule has 0 saturated heterocycles. The van der Waals surface area contributed by atoms with E-state index in [-0.39, 0.29) is 5.97 Å². The zero-order chi connectivity index (χ0) is 11.1. The molecule has 3 heteroatoms. The first-order valence-corrected chi connectivity index (χ1v) is 4.90. The summed E-state index contributed by atoms with van der Waals surface area (Å²) in [5.74, 6) is -0.292. The molecule has 15 heavy (non-hydrogen) atoms. The first-order chi connectivity index (χ1) is 7.27. The summed E-state index contributed by atoms with van der Waals surface area (Å²) in [5.41, 5.74) is 1.45. The fourth-order valence-electron chi connectivity index (χ4n) is 1.16. The van der Waals surface area contributed by atoms with Crippen molar-refractivity contribution in [1.82, 2.24) is 0 Å². The summed E-state index contributed by atoms with van der Waals surface area (Å²) in [7, 11) is 0. The van der Waals surface area contributed by atoms with Gasteiger partial charge in [-0.15, -0.1) is 6.58 Å². The molecule has 0 bridgehead atoms. The molecule has 80 valence electrons. The summed E-state index contributed by atoms with van der Waals surface area (Å²) in [6.07, 6.45) is 1.76. The minimum Gasteiger partial charge on any atom is -0.462 e. The Kier molecular flexibility index (Phi) is 4.41. The summed E-state index contributed by atoms with van der Waals surface area (Å²) < 4.78 is 4.90. The highest BCUT2D eigenvalue weighted by Gasteiger charge is 2.05. The predicted octanol–water partition coefficient (Wildman–Crippen LogP) is 2.46. The molecular formula is C12H15NO2. The van der Waals surface area contributed by atoms with Crippen LogP contribution < -0.4 is 5.32 Å². The lowest BCUT2D eigenvalue weighted by molar-refractivity contribution is 0.0526. The van der Waals surface area contributed by atoms with Crippen LogP contribution in [0.2, 0.25) is 0 Å². The van der Waals surface area contributed by atoms with Gasteiger partial charge in [0.2, 0.25) is 0 Å². The summed E-state index contributed by atoms with van der Waals surface area (Å²) >= 11 is 0. The van der Waals surface area contributed by atoms with Crippen molar-refractivity contribution in [1.29, 1.82) is 0 Å². The van der Waals surface area contributed by atoms with E-state index >= 15 is 0 Å². The number of hydrogen-bond acceptors (Lipinski definition) is 3. The first-order valence-electron chi connectivity index (χ1n) is 4.90. The number of anilines is 1. The van der Waals surface area contributed by atoms with E-state index in [4.69, 9.17) is 4.74 Å². The quantitative estimate of drug-likeness (QED) is 0.592. The van der Waals surface area contributed by atoms with Crippen LogP contribution in [0.5, 0.6) is 0 Å². The van der Waals surface area contributed by atoms with Gasteiger partial charge in [-0.3, -0.25) is 0 Å². The van der Waals surface area contributed by atoms with E-state index in [2.05, 4.69) is 11.9 Å². The molecule has 0 spiro atoms. The van der Waals surface area contributed by atoms with E-state index in [0.29, 0.717) is 18.7 Å². The van der Waals surface area contributed by atoms with Gasteiger partial charge in [0.05, 0.1) is 12.2 Å². The Balaban J connectivity index is 2.73. The Hall–Kier alpha value is -1.77. The van der Waals surface area contributed by atoms with Gasteiger partial charge in [-0.2, -0.15) is 0 Å². The third-order valence-electron chi connectivity index (χ3n) is 1.82. The molecule has 1 aromatic carbocycles. The molecule has 0 heterocycles. The number of carbonyl (C=O) groups is 1. The van der Waals surface area contributed by atoms with Gasteiger partial charge in [0.15, 0.2) is 0 Å². The Morgan fingerprint density at radius 1 is 1.60 bits per heavy atom. The number of benzene rings is 1. The lowest BCUT2D eigenvalue weighted by atomic mass is 10.2. The minimum absolute atomic E-state index is 0.292. The second kappa shape index (κ2) is 5.86. The van der Waals surface area contributed by atoms with E-state index < -0.39 is 0 Å². The van der Waals surface area contributed by atoms with E-state index in [9.17, 15) is 4.79 Å². The maximum absolute atomic E-state index is 11.4. The molecule has 0 fully saturated rings. The second-order valence-electron chi connectivity index (χ2n) is 2.97. The highest BCUT2D eigenvalue weighted by atomic mass is 16.5. The van der Waals surface area contributed by atoms with Crippen molar-refractivity contribution in [2.75, 3.05) is 18.5 Å². The van der Waals surface area contributed by atoms with Crippen LogP contribution in [-0.4, -0.2) is 19.1 Å². The molecule has 0 aliphatic rings. The van der Waals surface area contributed by atoms with Gasteiger partial charge in [0, 0.05) is 12.2 Å². The van der Waals surface area contributed by atoms with Crippen LogP contribution in [0.4, 0.5) is 5.69 Å². The molecule has 0 amide bonds. The highest BCUT2D eigenvalue weighted by Crippen LogP contribution is 2.11. The zero-order valence-electron chi connectivity index (χ0n) is 8.82. The average molecular weight is 205 g/mol. The number of nitrogens with one attached hydrogen (secondary N) is 1. The van der Waals surface area contributed by atoms with Crippen LogP contribution in [0, 0.1) is 0 Å². The largest absolute Gasteiger partial charge is 0.462 e. The molecular weight excluding hydrogens is 190 g/mol. The number of esters is 1. The van der Waals surface area contributed by atoms with Crippen LogP contribution in [-0.2, 0) is 4.74 Å². The third-order valence-corrected chi connectivity index (χ3v) is 1.82. The summed E-state index contributed by atoms with van der Waals surface area (Å²) in [6, 6.07) is 7.21. The maximum atomic E-state index is 11.4. The van der Waals surface area contributed by atoms with E-state index in [1.807, 2.05) is 12.1 Å². The van der Waals surface area contributed by atoms with Crippen LogP contribution >= 0.6 is 0 Å². The molecule has 0 aliphatic heterocycles. The van der Waals surface area contributed by atoms with Gasteiger partial charge >= 0.3 is 5.97 Å². The SMILES string of the molecule is C=CCNc1cccc(C(=O)OCC)c1. The zero-order valence-corrected chi connectivity index (χ0v) is 8.82. The van der Waals surface area contributed by atoms with Gasteiger partial charge in [-0.25, -0.2) is 4.79 Å². The Bertz CT molecular complexity index is 347. The minimum atomic E-state index is -0.292. The van der Waals surface area contributed by atoms with Crippen molar-refractivity contribution in [2.45, 2.75) is 6.92 Å². The molecule has 1 N–H and O–H groups in total. The number of ether oxygens (including phenoxy) is 1. The standard InChI is InChI=1S/C12H15NO2/c1-3-8-13-11-7-5-6-10(9-11)12(14)15-4-2/h3,5-7,9,13H,1,4,8H2,2H3. The topological polar surface area (TPSA) is 38.3 Å². The Morgan fingerprint density at radius 2 is 2.40 bits per heavy atom. The predicted molar refractivity (Wildman–Crippen MR) is 61.1 cm³/mol. The third kappa shape index (κ3) is 3.46. The normalized spacial score (nSPS) is 9.40. The van der Waals surface area contributed by atoms with Crippen LogP contribution in [0.1, 0.15) is 17.3 Å². The maximum Gasteiger partial charge on any atom is 0.338 e. The number of rotatable bonds is 5. The molecule has 0 unspecified atom stereocenters. The molecule has 1 aromatic rings. The lowest BCUT2D eigenvalue weighted by Crippen LogP contribution is -2.05. The molecule has 0 aliphatic carbocycles. The Morgan fingerprint density at radius 3 is 3.07 bits per heavy atom. The molecule has 1 rings (SSSR count). The number of hydrogen-bond donors (Lipinski definition) is 1. The van der Waals surface area contributed by atoms with Crippen LogP contribution in [0.15, 0.2) is 36.9 Å². The summed E-state index contributed by atoms with van der Waals surface area (Å²) in [5, 5.41) is 3.11. The van der Waals surface area contributed by atoms with Crippen molar-refractivity contribution < 1.29 is 9.53 Å². The smallest absolute Gasteiger partial charge is 0.338 e. The second-order valence-corrected chi connectivity index (χ2v) is 2.97. The van der Waals surface area contributed by atoms with Gasteiger partial charge in [0.1, 0.15) is 0 Å². The van der Waals surface area contributed by atoms with Gasteiger partial charge in [-0.1, -0.05) is 12.1 Å². The van der Waals surface area contributed by atoms with Gasteiger partial charge < -0.3 is 10.1 Å². The van der Waals surface area contributed by atoms with Crippen molar-refractivity contribution in [2.24, 2.45) is 0 Å². The molecule has 0 radical (unpaired) electrons. The van der Waals surface area contributed by atoms with E-state index in [1.165, 1.54) is 0 Å². The highest BCUT2D eigenvalue weighted by molar-refractivity contribution is 5.90. The van der Waals surface area contributed by atoms with Crippen LogP contribution in [0.25, 0.3) is 0 Å². The molecule has 0 aromatic heterocycles. The first kappa shape index (κ1) is 11.3. The average Bonchev–Trinajstić information content (AvgIpc) is 2.27. The molecule has 0 atom stereocenters. The van der Waals surface area contributed by atoms with Crippen molar-refractivity contribution in [3.8, 4) is 0 Å².